The van der Waals surface area contributed by atoms with Crippen LogP contribution in [0.4, 0.5) is 0 Å². The first-order valence-corrected chi connectivity index (χ1v) is 5.00. The van der Waals surface area contributed by atoms with Gasteiger partial charge in [-0.05, 0) is 36.6 Å². The Morgan fingerprint density at radius 2 is 2.36 bits per heavy atom. The van der Waals surface area contributed by atoms with Gasteiger partial charge in [-0.1, -0.05) is 6.07 Å². The molecule has 1 aliphatic rings. The van der Waals surface area contributed by atoms with E-state index in [1.807, 2.05) is 11.3 Å². The molecule has 0 bridgehead atoms. The smallest absolute Gasteiger partial charge is 0.00479 e. The molecule has 2 heteroatoms. The van der Waals surface area contributed by atoms with Crippen molar-refractivity contribution >= 4 is 11.3 Å². The summed E-state index contributed by atoms with van der Waals surface area (Å²) in [6.45, 7) is 0. The molecule has 0 aliphatic heterocycles. The zero-order chi connectivity index (χ0) is 7.68. The van der Waals surface area contributed by atoms with Gasteiger partial charge in [0.25, 0.3) is 0 Å². The van der Waals surface area contributed by atoms with E-state index in [9.17, 15) is 0 Å². The summed E-state index contributed by atoms with van der Waals surface area (Å²) in [7, 11) is 0. The van der Waals surface area contributed by atoms with Gasteiger partial charge in [-0.2, -0.15) is 0 Å². The lowest BCUT2D eigenvalue weighted by Crippen LogP contribution is -2.37. The number of thiophene rings is 1. The molecular formula is C9H13NS. The van der Waals surface area contributed by atoms with E-state index in [0.29, 0.717) is 6.04 Å². The fourth-order valence-electron chi connectivity index (χ4n) is 1.67. The Morgan fingerprint density at radius 1 is 1.55 bits per heavy atom. The van der Waals surface area contributed by atoms with Gasteiger partial charge in [0, 0.05) is 10.9 Å². The molecule has 2 N–H and O–H groups in total. The fraction of sp³-hybridized carbons (Fsp3) is 0.556. The highest BCUT2D eigenvalue weighted by Gasteiger charge is 2.25. The molecule has 1 aromatic rings. The number of nitrogens with two attached hydrogens (primary N) is 1. The zero-order valence-electron chi connectivity index (χ0n) is 6.49. The SMILES string of the molecule is NC1CC(Cc2cccs2)C1. The van der Waals surface area contributed by atoms with Crippen LogP contribution < -0.4 is 5.73 Å². The van der Waals surface area contributed by atoms with Crippen molar-refractivity contribution in [2.24, 2.45) is 11.7 Å². The molecule has 1 saturated carbocycles. The van der Waals surface area contributed by atoms with Gasteiger partial charge in [-0.25, -0.2) is 0 Å². The van der Waals surface area contributed by atoms with Gasteiger partial charge in [-0.3, -0.25) is 0 Å². The molecule has 0 spiro atoms. The van der Waals surface area contributed by atoms with Crippen LogP contribution in [-0.4, -0.2) is 6.04 Å². The van der Waals surface area contributed by atoms with Crippen molar-refractivity contribution in [3.05, 3.63) is 22.4 Å². The summed E-state index contributed by atoms with van der Waals surface area (Å²) in [5.74, 6) is 0.878. The van der Waals surface area contributed by atoms with Crippen molar-refractivity contribution in [3.8, 4) is 0 Å². The van der Waals surface area contributed by atoms with Crippen LogP contribution in [0.2, 0.25) is 0 Å². The standard InChI is InChI=1S/C9H13NS/c10-8-4-7(5-8)6-9-2-1-3-11-9/h1-3,7-8H,4-6,10H2. The van der Waals surface area contributed by atoms with Gasteiger partial charge in [-0.15, -0.1) is 11.3 Å². The number of hydrogen-bond donors (Lipinski definition) is 1. The van der Waals surface area contributed by atoms with E-state index in [0.717, 1.165) is 5.92 Å². The van der Waals surface area contributed by atoms with Crippen LogP contribution in [-0.2, 0) is 6.42 Å². The van der Waals surface area contributed by atoms with Crippen molar-refractivity contribution in [3.63, 3.8) is 0 Å². The minimum atomic E-state index is 0.500. The van der Waals surface area contributed by atoms with Gasteiger partial charge >= 0.3 is 0 Å². The first-order valence-electron chi connectivity index (χ1n) is 4.12. The average Bonchev–Trinajstić information content (AvgIpc) is 2.36. The molecule has 1 nitrogen and oxygen atoms in total. The Kier molecular flexibility index (Phi) is 1.96. The maximum atomic E-state index is 5.70. The largest absolute Gasteiger partial charge is 0.328 e. The summed E-state index contributed by atoms with van der Waals surface area (Å²) in [6.07, 6.45) is 3.72. The van der Waals surface area contributed by atoms with Crippen LogP contribution in [0.25, 0.3) is 0 Å². The Bertz CT molecular complexity index is 211. The number of rotatable bonds is 2. The summed E-state index contributed by atoms with van der Waals surface area (Å²) in [5, 5.41) is 2.15. The normalized spacial score (nSPS) is 29.9. The quantitative estimate of drug-likeness (QED) is 0.716. The second-order valence-corrected chi connectivity index (χ2v) is 4.41. The Hall–Kier alpha value is -0.340. The first kappa shape index (κ1) is 7.32. The zero-order valence-corrected chi connectivity index (χ0v) is 7.31. The van der Waals surface area contributed by atoms with Gasteiger partial charge in [0.2, 0.25) is 0 Å². The third-order valence-electron chi connectivity index (χ3n) is 2.34. The minimum Gasteiger partial charge on any atom is -0.328 e. The van der Waals surface area contributed by atoms with Gasteiger partial charge in [0.15, 0.2) is 0 Å². The van der Waals surface area contributed by atoms with Crippen molar-refractivity contribution in [2.45, 2.75) is 25.3 Å². The highest BCUT2D eigenvalue weighted by atomic mass is 32.1. The highest BCUT2D eigenvalue weighted by Crippen LogP contribution is 2.30. The van der Waals surface area contributed by atoms with Crippen molar-refractivity contribution in [1.29, 1.82) is 0 Å². The third-order valence-corrected chi connectivity index (χ3v) is 3.24. The molecule has 1 aromatic heterocycles. The van der Waals surface area contributed by atoms with E-state index >= 15 is 0 Å². The van der Waals surface area contributed by atoms with Gasteiger partial charge in [0.1, 0.15) is 0 Å². The molecule has 0 radical (unpaired) electrons. The monoisotopic (exact) mass is 167 g/mol. The molecule has 0 atom stereocenters. The van der Waals surface area contributed by atoms with E-state index in [1.54, 1.807) is 0 Å². The van der Waals surface area contributed by atoms with E-state index < -0.39 is 0 Å². The maximum absolute atomic E-state index is 5.70. The fourth-order valence-corrected chi connectivity index (χ4v) is 2.49. The number of hydrogen-bond acceptors (Lipinski definition) is 2. The van der Waals surface area contributed by atoms with Crippen LogP contribution >= 0.6 is 11.3 Å². The second-order valence-electron chi connectivity index (χ2n) is 3.38. The molecule has 60 valence electrons. The van der Waals surface area contributed by atoms with Crippen LogP contribution in [0.5, 0.6) is 0 Å². The Balaban J connectivity index is 1.84. The van der Waals surface area contributed by atoms with E-state index in [4.69, 9.17) is 5.73 Å². The van der Waals surface area contributed by atoms with E-state index in [2.05, 4.69) is 17.5 Å². The molecule has 1 fully saturated rings. The van der Waals surface area contributed by atoms with Crippen molar-refractivity contribution < 1.29 is 0 Å². The summed E-state index contributed by atoms with van der Waals surface area (Å²) >= 11 is 1.86. The minimum absolute atomic E-state index is 0.500. The van der Waals surface area contributed by atoms with Crippen LogP contribution in [0, 0.1) is 5.92 Å². The van der Waals surface area contributed by atoms with Crippen LogP contribution in [0.15, 0.2) is 17.5 Å². The molecule has 1 heterocycles. The lowest BCUT2D eigenvalue weighted by molar-refractivity contribution is 0.265. The van der Waals surface area contributed by atoms with Crippen LogP contribution in [0.1, 0.15) is 17.7 Å². The predicted molar refractivity (Wildman–Crippen MR) is 48.7 cm³/mol. The van der Waals surface area contributed by atoms with Crippen molar-refractivity contribution in [1.82, 2.24) is 0 Å². The Morgan fingerprint density at radius 3 is 2.91 bits per heavy atom. The highest BCUT2D eigenvalue weighted by molar-refractivity contribution is 7.09. The van der Waals surface area contributed by atoms with Gasteiger partial charge in [0.05, 0.1) is 0 Å². The molecular weight excluding hydrogens is 154 g/mol. The Labute approximate surface area is 71.2 Å². The van der Waals surface area contributed by atoms with Crippen molar-refractivity contribution in [2.75, 3.05) is 0 Å². The molecule has 0 saturated heterocycles. The summed E-state index contributed by atoms with van der Waals surface area (Å²) in [4.78, 5) is 1.52. The average molecular weight is 167 g/mol. The molecule has 0 amide bonds. The topological polar surface area (TPSA) is 26.0 Å². The van der Waals surface area contributed by atoms with Gasteiger partial charge < -0.3 is 5.73 Å². The first-order chi connectivity index (χ1) is 5.34. The van der Waals surface area contributed by atoms with Crippen LogP contribution in [0.3, 0.4) is 0 Å². The summed E-state index contributed by atoms with van der Waals surface area (Å²) < 4.78 is 0. The molecule has 11 heavy (non-hydrogen) atoms. The lowest BCUT2D eigenvalue weighted by Gasteiger charge is -2.31. The summed E-state index contributed by atoms with van der Waals surface area (Å²) in [6, 6.07) is 4.84. The maximum Gasteiger partial charge on any atom is 0.00479 e. The lowest BCUT2D eigenvalue weighted by atomic mass is 9.78. The second kappa shape index (κ2) is 2.95. The molecule has 0 unspecified atom stereocenters. The van der Waals surface area contributed by atoms with E-state index in [-0.39, 0.29) is 0 Å². The summed E-state index contributed by atoms with van der Waals surface area (Å²) in [5.41, 5.74) is 5.70. The third kappa shape index (κ3) is 1.63. The van der Waals surface area contributed by atoms with E-state index in [1.165, 1.54) is 24.1 Å². The molecule has 1 aliphatic carbocycles. The predicted octanol–water partition coefficient (Wildman–Crippen LogP) is 2.03. The molecule has 2 rings (SSSR count). The molecule has 0 aromatic carbocycles.